The highest BCUT2D eigenvalue weighted by Crippen LogP contribution is 2.12. The summed E-state index contributed by atoms with van der Waals surface area (Å²) in [6, 6.07) is 11.6. The lowest BCUT2D eigenvalue weighted by Gasteiger charge is -2.21. The largest absolute Gasteiger partial charge is 0.335 e. The first-order valence-electron chi connectivity index (χ1n) is 6.57. The average Bonchev–Trinajstić information content (AvgIpc) is 2.53. The van der Waals surface area contributed by atoms with Crippen LogP contribution in [-0.2, 0) is 11.9 Å². The van der Waals surface area contributed by atoms with Crippen LogP contribution in [0.1, 0.15) is 28.4 Å². The Bertz CT molecular complexity index is 554. The van der Waals surface area contributed by atoms with Gasteiger partial charge in [0.1, 0.15) is 0 Å². The number of pyridine rings is 1. The number of amides is 1. The molecular weight excluding hydrogens is 316 g/mol. The predicted molar refractivity (Wildman–Crippen MR) is 83.7 cm³/mol. The Kier molecular flexibility index (Phi) is 5.30. The molecule has 20 heavy (non-hydrogen) atoms. The van der Waals surface area contributed by atoms with Gasteiger partial charge in [-0.2, -0.15) is 0 Å². The van der Waals surface area contributed by atoms with Gasteiger partial charge in [0.05, 0.1) is 0 Å². The van der Waals surface area contributed by atoms with Crippen LogP contribution in [0.4, 0.5) is 0 Å². The summed E-state index contributed by atoms with van der Waals surface area (Å²) in [5.74, 6) is 0.0606. The van der Waals surface area contributed by atoms with Gasteiger partial charge in [0.15, 0.2) is 0 Å². The van der Waals surface area contributed by atoms with Gasteiger partial charge in [-0.3, -0.25) is 9.78 Å². The van der Waals surface area contributed by atoms with E-state index in [1.165, 1.54) is 5.56 Å². The zero-order valence-corrected chi connectivity index (χ0v) is 13.0. The standard InChI is InChI=1S/C16H17BrN2O/c1-2-19(12-14-7-9-18-10-8-14)16(20)15-5-3-13(11-17)4-6-15/h3-10H,2,11-12H2,1H3. The van der Waals surface area contributed by atoms with Crippen molar-refractivity contribution in [2.75, 3.05) is 6.54 Å². The van der Waals surface area contributed by atoms with Gasteiger partial charge in [0.25, 0.3) is 5.91 Å². The van der Waals surface area contributed by atoms with Crippen molar-refractivity contribution in [2.45, 2.75) is 18.8 Å². The minimum atomic E-state index is 0.0606. The molecule has 0 fully saturated rings. The molecule has 4 heteroatoms. The first-order chi connectivity index (χ1) is 9.74. The maximum absolute atomic E-state index is 12.5. The molecule has 0 N–H and O–H groups in total. The van der Waals surface area contributed by atoms with E-state index < -0.39 is 0 Å². The van der Waals surface area contributed by atoms with Gasteiger partial charge in [0.2, 0.25) is 0 Å². The zero-order chi connectivity index (χ0) is 14.4. The Morgan fingerprint density at radius 2 is 1.75 bits per heavy atom. The molecule has 1 aromatic heterocycles. The molecule has 1 aromatic carbocycles. The average molecular weight is 333 g/mol. The lowest BCUT2D eigenvalue weighted by Crippen LogP contribution is -2.30. The Morgan fingerprint density at radius 1 is 1.10 bits per heavy atom. The fourth-order valence-electron chi connectivity index (χ4n) is 1.95. The lowest BCUT2D eigenvalue weighted by molar-refractivity contribution is 0.0752. The number of benzene rings is 1. The molecule has 0 saturated carbocycles. The monoisotopic (exact) mass is 332 g/mol. The molecular formula is C16H17BrN2O. The molecule has 1 heterocycles. The van der Waals surface area contributed by atoms with Crippen LogP contribution in [-0.4, -0.2) is 22.3 Å². The van der Waals surface area contributed by atoms with Crippen molar-refractivity contribution in [3.05, 3.63) is 65.5 Å². The van der Waals surface area contributed by atoms with Crippen LogP contribution < -0.4 is 0 Å². The minimum Gasteiger partial charge on any atom is -0.335 e. The van der Waals surface area contributed by atoms with Crippen LogP contribution in [0.25, 0.3) is 0 Å². The van der Waals surface area contributed by atoms with Crippen LogP contribution in [0.2, 0.25) is 0 Å². The number of halogens is 1. The van der Waals surface area contributed by atoms with E-state index in [2.05, 4.69) is 20.9 Å². The van der Waals surface area contributed by atoms with E-state index in [1.54, 1.807) is 12.4 Å². The van der Waals surface area contributed by atoms with Crippen LogP contribution >= 0.6 is 15.9 Å². The summed E-state index contributed by atoms with van der Waals surface area (Å²) in [5, 5.41) is 0.802. The molecule has 0 aliphatic heterocycles. The number of hydrogen-bond acceptors (Lipinski definition) is 2. The van der Waals surface area contributed by atoms with Crippen molar-refractivity contribution in [1.29, 1.82) is 0 Å². The maximum atomic E-state index is 12.5. The Balaban J connectivity index is 2.12. The van der Waals surface area contributed by atoms with E-state index in [9.17, 15) is 4.79 Å². The molecule has 0 radical (unpaired) electrons. The Labute approximate surface area is 127 Å². The highest BCUT2D eigenvalue weighted by atomic mass is 79.9. The van der Waals surface area contributed by atoms with Gasteiger partial charge in [-0.25, -0.2) is 0 Å². The van der Waals surface area contributed by atoms with Crippen LogP contribution in [0.15, 0.2) is 48.8 Å². The number of carbonyl (C=O) groups is 1. The molecule has 0 aliphatic carbocycles. The summed E-state index contributed by atoms with van der Waals surface area (Å²) in [6.07, 6.45) is 3.50. The third-order valence-electron chi connectivity index (χ3n) is 3.15. The summed E-state index contributed by atoms with van der Waals surface area (Å²) in [7, 11) is 0. The number of carbonyl (C=O) groups excluding carboxylic acids is 1. The second-order valence-electron chi connectivity index (χ2n) is 4.51. The molecule has 0 aliphatic rings. The molecule has 0 saturated heterocycles. The molecule has 0 atom stereocenters. The topological polar surface area (TPSA) is 33.2 Å². The second-order valence-corrected chi connectivity index (χ2v) is 5.07. The first-order valence-corrected chi connectivity index (χ1v) is 7.69. The smallest absolute Gasteiger partial charge is 0.254 e. The van der Waals surface area contributed by atoms with Crippen molar-refractivity contribution in [3.8, 4) is 0 Å². The molecule has 0 unspecified atom stereocenters. The van der Waals surface area contributed by atoms with Crippen molar-refractivity contribution in [2.24, 2.45) is 0 Å². The summed E-state index contributed by atoms with van der Waals surface area (Å²) in [6.45, 7) is 3.28. The summed E-state index contributed by atoms with van der Waals surface area (Å²) < 4.78 is 0. The predicted octanol–water partition coefficient (Wildman–Crippen LogP) is 3.64. The van der Waals surface area contributed by atoms with Crippen LogP contribution in [0.5, 0.6) is 0 Å². The molecule has 0 spiro atoms. The van der Waals surface area contributed by atoms with Gasteiger partial charge in [0, 0.05) is 36.4 Å². The van der Waals surface area contributed by atoms with E-state index in [4.69, 9.17) is 0 Å². The van der Waals surface area contributed by atoms with E-state index in [0.29, 0.717) is 13.1 Å². The third-order valence-corrected chi connectivity index (χ3v) is 3.79. The number of aromatic nitrogens is 1. The van der Waals surface area contributed by atoms with Gasteiger partial charge in [-0.05, 0) is 42.3 Å². The highest BCUT2D eigenvalue weighted by Gasteiger charge is 2.14. The highest BCUT2D eigenvalue weighted by molar-refractivity contribution is 9.08. The van der Waals surface area contributed by atoms with Crippen molar-refractivity contribution in [1.82, 2.24) is 9.88 Å². The van der Waals surface area contributed by atoms with Gasteiger partial charge < -0.3 is 4.90 Å². The van der Waals surface area contributed by atoms with Crippen LogP contribution in [0.3, 0.4) is 0 Å². The quantitative estimate of drug-likeness (QED) is 0.783. The van der Waals surface area contributed by atoms with E-state index in [-0.39, 0.29) is 5.91 Å². The molecule has 0 bridgehead atoms. The van der Waals surface area contributed by atoms with Gasteiger partial charge in [-0.1, -0.05) is 28.1 Å². The van der Waals surface area contributed by atoms with E-state index >= 15 is 0 Å². The normalized spacial score (nSPS) is 10.3. The minimum absolute atomic E-state index is 0.0606. The second kappa shape index (κ2) is 7.20. The summed E-state index contributed by atoms with van der Waals surface area (Å²) in [4.78, 5) is 18.3. The Hall–Kier alpha value is -1.68. The molecule has 2 aromatic rings. The first kappa shape index (κ1) is 14.7. The van der Waals surface area contributed by atoms with E-state index in [1.807, 2.05) is 48.2 Å². The van der Waals surface area contributed by atoms with Crippen molar-refractivity contribution < 1.29 is 4.79 Å². The number of hydrogen-bond donors (Lipinski definition) is 0. The summed E-state index contributed by atoms with van der Waals surface area (Å²) in [5.41, 5.74) is 2.98. The summed E-state index contributed by atoms with van der Waals surface area (Å²) >= 11 is 3.40. The molecule has 2 rings (SSSR count). The Morgan fingerprint density at radius 3 is 2.30 bits per heavy atom. The zero-order valence-electron chi connectivity index (χ0n) is 11.4. The maximum Gasteiger partial charge on any atom is 0.254 e. The fraction of sp³-hybridized carbons (Fsp3) is 0.250. The number of alkyl halides is 1. The molecule has 104 valence electrons. The molecule has 1 amide bonds. The molecule has 3 nitrogen and oxygen atoms in total. The number of nitrogens with zero attached hydrogens (tertiary/aromatic N) is 2. The van der Waals surface area contributed by atoms with Gasteiger partial charge >= 0.3 is 0 Å². The van der Waals surface area contributed by atoms with E-state index in [0.717, 1.165) is 16.5 Å². The van der Waals surface area contributed by atoms with Crippen LogP contribution in [0, 0.1) is 0 Å². The SMILES string of the molecule is CCN(Cc1ccncc1)C(=O)c1ccc(CBr)cc1. The number of rotatable bonds is 5. The third kappa shape index (κ3) is 3.67. The van der Waals surface area contributed by atoms with Crippen molar-refractivity contribution in [3.63, 3.8) is 0 Å². The van der Waals surface area contributed by atoms with Gasteiger partial charge in [-0.15, -0.1) is 0 Å². The lowest BCUT2D eigenvalue weighted by atomic mass is 10.1. The van der Waals surface area contributed by atoms with Crippen molar-refractivity contribution >= 4 is 21.8 Å². The fourth-order valence-corrected chi connectivity index (χ4v) is 2.33.